The predicted octanol–water partition coefficient (Wildman–Crippen LogP) is 1.60. The first-order valence-corrected chi connectivity index (χ1v) is 9.03. The summed E-state index contributed by atoms with van der Waals surface area (Å²) in [5.41, 5.74) is -0.187. The second kappa shape index (κ2) is 5.41. The number of fused-ring (bicyclic) bond motifs is 2. The molecular weight excluding hydrogens is 364 g/mol. The Bertz CT molecular complexity index is 1070. The molecule has 0 heterocycles. The molecule has 28 heavy (non-hydrogen) atoms. The predicted molar refractivity (Wildman–Crippen MR) is 96.5 cm³/mol. The normalized spacial score (nSPS) is 30.0. The van der Waals surface area contributed by atoms with Gasteiger partial charge in [-0.1, -0.05) is 12.1 Å². The Morgan fingerprint density at radius 3 is 2.25 bits per heavy atom. The molecule has 2 aromatic rings. The molecule has 0 radical (unpaired) electrons. The fraction of sp³-hybridized carbons (Fsp3) is 0.333. The van der Waals surface area contributed by atoms with Gasteiger partial charge in [-0.05, 0) is 28.8 Å². The first-order valence-electron chi connectivity index (χ1n) is 9.03. The van der Waals surface area contributed by atoms with Crippen molar-refractivity contribution in [1.82, 2.24) is 0 Å². The Morgan fingerprint density at radius 1 is 0.964 bits per heavy atom. The number of aliphatic hydroxyl groups excluding tert-OH is 1. The summed E-state index contributed by atoms with van der Waals surface area (Å²) in [7, 11) is 1.36. The number of carbonyl (C=O) groups excluding carboxylic acids is 2. The molecule has 3 aliphatic carbocycles. The third kappa shape index (κ3) is 1.83. The molecule has 4 N–H and O–H groups in total. The van der Waals surface area contributed by atoms with Gasteiger partial charge in [0.2, 0.25) is 0 Å². The van der Waals surface area contributed by atoms with Crippen LogP contribution in [0.3, 0.4) is 0 Å². The standard InChI is InChI=1S/C21H18O7/c1-28-15-7-13(25)18-11(23)5-3-9-8-2-4-10(22)17-12(24)6-14(26)20(16(8)17)21(15,27)19(9)18/h2-5,14-15,20,22-23,26-27H,6-7H2,1H3. The lowest BCUT2D eigenvalue weighted by molar-refractivity contribution is -0.140. The van der Waals surface area contributed by atoms with Gasteiger partial charge in [0, 0.05) is 31.4 Å². The third-order valence-corrected chi connectivity index (χ3v) is 6.37. The van der Waals surface area contributed by atoms with Crippen molar-refractivity contribution in [2.45, 2.75) is 36.6 Å². The quantitative estimate of drug-likeness (QED) is 0.590. The first kappa shape index (κ1) is 17.4. The molecule has 4 atom stereocenters. The van der Waals surface area contributed by atoms with Crippen LogP contribution in [0.25, 0.3) is 11.1 Å². The van der Waals surface area contributed by atoms with Gasteiger partial charge >= 0.3 is 0 Å². The summed E-state index contributed by atoms with van der Waals surface area (Å²) >= 11 is 0. The highest BCUT2D eigenvalue weighted by molar-refractivity contribution is 6.08. The van der Waals surface area contributed by atoms with Gasteiger partial charge in [-0.15, -0.1) is 0 Å². The largest absolute Gasteiger partial charge is 0.507 e. The maximum Gasteiger partial charge on any atom is 0.169 e. The van der Waals surface area contributed by atoms with Crippen LogP contribution in [0, 0.1) is 0 Å². The number of aromatic hydroxyl groups is 2. The first-order chi connectivity index (χ1) is 13.3. The van der Waals surface area contributed by atoms with Gasteiger partial charge in [-0.3, -0.25) is 9.59 Å². The summed E-state index contributed by atoms with van der Waals surface area (Å²) in [5.74, 6) is -2.23. The van der Waals surface area contributed by atoms with Gasteiger partial charge < -0.3 is 25.2 Å². The fourth-order valence-electron chi connectivity index (χ4n) is 5.29. The summed E-state index contributed by atoms with van der Waals surface area (Å²) in [6.45, 7) is 0. The van der Waals surface area contributed by atoms with Crippen LogP contribution in [-0.2, 0) is 10.3 Å². The van der Waals surface area contributed by atoms with E-state index in [1.54, 1.807) is 12.1 Å². The van der Waals surface area contributed by atoms with Crippen molar-refractivity contribution in [2.75, 3.05) is 7.11 Å². The van der Waals surface area contributed by atoms with Gasteiger partial charge in [0.1, 0.15) is 17.1 Å². The summed E-state index contributed by atoms with van der Waals surface area (Å²) in [6, 6.07) is 5.93. The van der Waals surface area contributed by atoms with Crippen molar-refractivity contribution >= 4 is 11.6 Å². The summed E-state index contributed by atoms with van der Waals surface area (Å²) < 4.78 is 5.46. The van der Waals surface area contributed by atoms with Crippen molar-refractivity contribution in [3.8, 4) is 22.6 Å². The van der Waals surface area contributed by atoms with E-state index in [0.29, 0.717) is 16.7 Å². The number of rotatable bonds is 1. The van der Waals surface area contributed by atoms with Crippen molar-refractivity contribution in [3.63, 3.8) is 0 Å². The highest BCUT2D eigenvalue weighted by Crippen LogP contribution is 2.60. The number of carbonyl (C=O) groups is 2. The molecule has 0 saturated carbocycles. The Kier molecular flexibility index (Phi) is 3.35. The van der Waals surface area contributed by atoms with E-state index in [9.17, 15) is 30.0 Å². The maximum atomic E-state index is 12.7. The van der Waals surface area contributed by atoms with E-state index in [1.807, 2.05) is 0 Å². The van der Waals surface area contributed by atoms with Crippen LogP contribution in [0.4, 0.5) is 0 Å². The minimum absolute atomic E-state index is 0.0117. The molecule has 0 aliphatic heterocycles. The van der Waals surface area contributed by atoms with Crippen LogP contribution in [0.1, 0.15) is 50.6 Å². The zero-order valence-corrected chi connectivity index (χ0v) is 15.0. The number of methoxy groups -OCH3 is 1. The molecule has 2 aromatic carbocycles. The second-order valence-corrected chi connectivity index (χ2v) is 7.65. The van der Waals surface area contributed by atoms with Crippen LogP contribution in [0.15, 0.2) is 24.3 Å². The van der Waals surface area contributed by atoms with Gasteiger partial charge in [0.05, 0.1) is 23.3 Å². The Labute approximate surface area is 159 Å². The monoisotopic (exact) mass is 382 g/mol. The van der Waals surface area contributed by atoms with E-state index in [-0.39, 0.29) is 46.8 Å². The third-order valence-electron chi connectivity index (χ3n) is 6.37. The highest BCUT2D eigenvalue weighted by atomic mass is 16.5. The fourth-order valence-corrected chi connectivity index (χ4v) is 5.29. The van der Waals surface area contributed by atoms with E-state index in [0.717, 1.165) is 0 Å². The molecule has 0 saturated heterocycles. The van der Waals surface area contributed by atoms with Crippen molar-refractivity contribution < 1.29 is 34.8 Å². The SMILES string of the molecule is COC1CC(=O)c2c(O)ccc3c2C1(O)C1c2c-3ccc(O)c2C(=O)CC1O. The number of Topliss-reactive ketones (excluding diaryl/α,β-unsaturated/α-hetero) is 2. The number of hydrogen-bond acceptors (Lipinski definition) is 7. The average molecular weight is 382 g/mol. The Morgan fingerprint density at radius 2 is 1.57 bits per heavy atom. The molecule has 7 nitrogen and oxygen atoms in total. The molecule has 0 fully saturated rings. The Hall–Kier alpha value is -2.74. The van der Waals surface area contributed by atoms with E-state index in [2.05, 4.69) is 0 Å². The zero-order valence-electron chi connectivity index (χ0n) is 15.0. The van der Waals surface area contributed by atoms with Gasteiger partial charge in [-0.2, -0.15) is 0 Å². The number of phenols is 2. The number of benzene rings is 2. The smallest absolute Gasteiger partial charge is 0.169 e. The molecule has 0 bridgehead atoms. The van der Waals surface area contributed by atoms with Crippen LogP contribution in [0.2, 0.25) is 0 Å². The van der Waals surface area contributed by atoms with Crippen LogP contribution in [-0.4, -0.2) is 51.3 Å². The van der Waals surface area contributed by atoms with Crippen LogP contribution in [0.5, 0.6) is 11.5 Å². The molecule has 4 unspecified atom stereocenters. The summed E-state index contributed by atoms with van der Waals surface area (Å²) in [5, 5.41) is 43.5. The zero-order chi connectivity index (χ0) is 20.0. The van der Waals surface area contributed by atoms with E-state index in [4.69, 9.17) is 4.74 Å². The van der Waals surface area contributed by atoms with E-state index >= 15 is 0 Å². The molecule has 5 rings (SSSR count). The molecule has 0 spiro atoms. The summed E-state index contributed by atoms with van der Waals surface area (Å²) in [6.07, 6.45) is -2.67. The van der Waals surface area contributed by atoms with E-state index < -0.39 is 29.5 Å². The highest BCUT2D eigenvalue weighted by Gasteiger charge is 2.60. The lowest BCUT2D eigenvalue weighted by atomic mass is 9.56. The minimum Gasteiger partial charge on any atom is -0.507 e. The number of phenolic OH excluding ortho intramolecular Hbond substituents is 2. The van der Waals surface area contributed by atoms with Gasteiger partial charge in [0.25, 0.3) is 0 Å². The average Bonchev–Trinajstić information content (AvgIpc) is 2.64. The van der Waals surface area contributed by atoms with Crippen molar-refractivity contribution in [1.29, 1.82) is 0 Å². The number of ether oxygens (including phenoxy) is 1. The van der Waals surface area contributed by atoms with Crippen LogP contribution < -0.4 is 0 Å². The minimum atomic E-state index is -1.85. The number of ketones is 2. The summed E-state index contributed by atoms with van der Waals surface area (Å²) in [4.78, 5) is 25.3. The number of aliphatic hydroxyl groups is 2. The molecule has 0 aromatic heterocycles. The molecule has 3 aliphatic rings. The van der Waals surface area contributed by atoms with Gasteiger partial charge in [-0.25, -0.2) is 0 Å². The topological polar surface area (TPSA) is 124 Å². The maximum absolute atomic E-state index is 12.7. The molecule has 144 valence electrons. The Balaban J connectivity index is 1.99. The molecule has 7 heteroatoms. The van der Waals surface area contributed by atoms with Gasteiger partial charge in [0.15, 0.2) is 11.6 Å². The van der Waals surface area contributed by atoms with Crippen molar-refractivity contribution in [2.24, 2.45) is 0 Å². The van der Waals surface area contributed by atoms with E-state index in [1.165, 1.54) is 19.2 Å². The second-order valence-electron chi connectivity index (χ2n) is 7.65. The van der Waals surface area contributed by atoms with Crippen molar-refractivity contribution in [3.05, 3.63) is 46.5 Å². The number of hydrogen-bond donors (Lipinski definition) is 4. The molecule has 0 amide bonds. The molecular formula is C21H18O7. The lowest BCUT2D eigenvalue weighted by Crippen LogP contribution is -2.56. The van der Waals surface area contributed by atoms with Crippen LogP contribution >= 0.6 is 0 Å². The lowest BCUT2D eigenvalue weighted by Gasteiger charge is -2.52.